The fourth-order valence-electron chi connectivity index (χ4n) is 2.74. The molecule has 2 aromatic rings. The Morgan fingerprint density at radius 1 is 1.29 bits per heavy atom. The molecule has 1 aliphatic heterocycles. The second-order valence-electron chi connectivity index (χ2n) is 5.41. The van der Waals surface area contributed by atoms with Gasteiger partial charge in [-0.1, -0.05) is 12.1 Å². The van der Waals surface area contributed by atoms with Gasteiger partial charge in [-0.2, -0.15) is 11.3 Å². The molecular formula is C17H16FNO4S. The number of methoxy groups -OCH3 is 1. The minimum atomic E-state index is -0.737. The van der Waals surface area contributed by atoms with Gasteiger partial charge in [0, 0.05) is 11.8 Å². The molecule has 2 atom stereocenters. The van der Waals surface area contributed by atoms with E-state index in [-0.39, 0.29) is 24.6 Å². The lowest BCUT2D eigenvalue weighted by Crippen LogP contribution is -2.41. The number of carbonyl (C=O) groups excluding carboxylic acids is 2. The zero-order chi connectivity index (χ0) is 17.1. The van der Waals surface area contributed by atoms with Crippen molar-refractivity contribution in [1.82, 2.24) is 4.90 Å². The Labute approximate surface area is 142 Å². The van der Waals surface area contributed by atoms with Crippen LogP contribution in [0.3, 0.4) is 0 Å². The largest absolute Gasteiger partial charge is 0.485 e. The van der Waals surface area contributed by atoms with Crippen LogP contribution in [-0.4, -0.2) is 42.6 Å². The van der Waals surface area contributed by atoms with Crippen LogP contribution in [0.4, 0.5) is 4.39 Å². The molecule has 0 saturated carbocycles. The molecule has 24 heavy (non-hydrogen) atoms. The van der Waals surface area contributed by atoms with Crippen LogP contribution in [0.1, 0.15) is 16.8 Å². The average molecular weight is 349 g/mol. The third kappa shape index (κ3) is 3.26. The molecule has 0 radical (unpaired) electrons. The predicted octanol–water partition coefficient (Wildman–Crippen LogP) is 2.72. The summed E-state index contributed by atoms with van der Waals surface area (Å²) in [7, 11) is 1.28. The van der Waals surface area contributed by atoms with Crippen molar-refractivity contribution >= 4 is 23.2 Å². The maximum atomic E-state index is 13.7. The quantitative estimate of drug-likeness (QED) is 0.797. The lowest BCUT2D eigenvalue weighted by atomic mass is 10.2. The average Bonchev–Trinajstić information content (AvgIpc) is 3.25. The number of thiophene rings is 1. The van der Waals surface area contributed by atoms with Crippen molar-refractivity contribution in [1.29, 1.82) is 0 Å². The molecule has 5 nitrogen and oxygen atoms in total. The number of hydrogen-bond acceptors (Lipinski definition) is 5. The van der Waals surface area contributed by atoms with E-state index in [1.807, 2.05) is 0 Å². The second-order valence-corrected chi connectivity index (χ2v) is 6.19. The summed E-state index contributed by atoms with van der Waals surface area (Å²) >= 11 is 1.40. The van der Waals surface area contributed by atoms with Gasteiger partial charge in [0.25, 0.3) is 5.91 Å². The van der Waals surface area contributed by atoms with Crippen LogP contribution >= 0.6 is 11.3 Å². The summed E-state index contributed by atoms with van der Waals surface area (Å²) in [6.45, 7) is 0.197. The van der Waals surface area contributed by atoms with E-state index in [9.17, 15) is 14.0 Å². The second kappa shape index (κ2) is 7.00. The van der Waals surface area contributed by atoms with Crippen molar-refractivity contribution in [3.05, 3.63) is 52.5 Å². The van der Waals surface area contributed by atoms with Gasteiger partial charge in [-0.15, -0.1) is 0 Å². The van der Waals surface area contributed by atoms with Crippen molar-refractivity contribution in [3.8, 4) is 5.75 Å². The van der Waals surface area contributed by atoms with Crippen molar-refractivity contribution in [3.63, 3.8) is 0 Å². The molecule has 3 rings (SSSR count). The maximum absolute atomic E-state index is 13.7. The summed E-state index contributed by atoms with van der Waals surface area (Å²) in [5.41, 5.74) is 0.514. The van der Waals surface area contributed by atoms with Crippen molar-refractivity contribution in [2.45, 2.75) is 18.6 Å². The Kier molecular flexibility index (Phi) is 4.80. The molecule has 0 N–H and O–H groups in total. The molecule has 0 spiro atoms. The SMILES string of the molecule is COC(=O)C1CC(Oc2ccccc2F)CN1C(=O)c1ccsc1. The Morgan fingerprint density at radius 3 is 2.75 bits per heavy atom. The molecule has 1 saturated heterocycles. The highest BCUT2D eigenvalue weighted by Gasteiger charge is 2.42. The van der Waals surface area contributed by atoms with E-state index in [2.05, 4.69) is 0 Å². The van der Waals surface area contributed by atoms with Gasteiger partial charge < -0.3 is 14.4 Å². The summed E-state index contributed by atoms with van der Waals surface area (Å²) in [5, 5.41) is 3.52. The molecule has 0 aliphatic carbocycles. The van der Waals surface area contributed by atoms with Crippen LogP contribution in [0, 0.1) is 5.82 Å². The van der Waals surface area contributed by atoms with Gasteiger partial charge in [0.15, 0.2) is 11.6 Å². The minimum absolute atomic E-state index is 0.107. The summed E-state index contributed by atoms with van der Waals surface area (Å²) in [4.78, 5) is 26.0. The molecule has 1 fully saturated rings. The number of benzene rings is 1. The number of esters is 1. The normalized spacial score (nSPS) is 20.0. The summed E-state index contributed by atoms with van der Waals surface area (Å²) in [6.07, 6.45) is -0.217. The zero-order valence-corrected chi connectivity index (χ0v) is 13.8. The molecule has 2 unspecified atom stereocenters. The third-order valence-corrected chi connectivity index (χ3v) is 4.58. The van der Waals surface area contributed by atoms with E-state index in [0.29, 0.717) is 5.56 Å². The number of ether oxygens (including phenoxy) is 2. The number of carbonyl (C=O) groups is 2. The van der Waals surface area contributed by atoms with Gasteiger partial charge in [-0.25, -0.2) is 9.18 Å². The van der Waals surface area contributed by atoms with Crippen molar-refractivity contribution in [2.24, 2.45) is 0 Å². The van der Waals surface area contributed by atoms with E-state index in [1.54, 1.807) is 29.0 Å². The first-order valence-electron chi connectivity index (χ1n) is 7.42. The molecule has 7 heteroatoms. The standard InChI is InChI=1S/C17H16FNO4S/c1-22-17(21)14-8-12(23-15-5-3-2-4-13(15)18)9-19(14)16(20)11-6-7-24-10-11/h2-7,10,12,14H,8-9H2,1H3. The van der Waals surface area contributed by atoms with Crippen LogP contribution in [-0.2, 0) is 9.53 Å². The number of hydrogen-bond donors (Lipinski definition) is 0. The lowest BCUT2D eigenvalue weighted by molar-refractivity contribution is -0.145. The van der Waals surface area contributed by atoms with E-state index >= 15 is 0 Å². The predicted molar refractivity (Wildman–Crippen MR) is 86.6 cm³/mol. The fourth-order valence-corrected chi connectivity index (χ4v) is 3.37. The zero-order valence-electron chi connectivity index (χ0n) is 13.0. The Bertz CT molecular complexity index is 734. The van der Waals surface area contributed by atoms with E-state index in [0.717, 1.165) is 0 Å². The summed E-state index contributed by atoms with van der Waals surface area (Å²) < 4.78 is 24.2. The topological polar surface area (TPSA) is 55.8 Å². The first-order chi connectivity index (χ1) is 11.6. The van der Waals surface area contributed by atoms with E-state index in [1.165, 1.54) is 35.5 Å². The summed E-state index contributed by atoms with van der Waals surface area (Å²) in [6, 6.07) is 7.02. The molecule has 1 aromatic heterocycles. The monoisotopic (exact) mass is 349 g/mol. The lowest BCUT2D eigenvalue weighted by Gasteiger charge is -2.21. The maximum Gasteiger partial charge on any atom is 0.328 e. The van der Waals surface area contributed by atoms with Crippen LogP contribution in [0.15, 0.2) is 41.1 Å². The number of para-hydroxylation sites is 1. The van der Waals surface area contributed by atoms with Crippen molar-refractivity contribution in [2.75, 3.05) is 13.7 Å². The van der Waals surface area contributed by atoms with Gasteiger partial charge in [0.05, 0.1) is 19.2 Å². The van der Waals surface area contributed by atoms with Gasteiger partial charge in [0.1, 0.15) is 12.1 Å². The number of rotatable bonds is 4. The summed E-state index contributed by atoms with van der Waals surface area (Å²) in [5.74, 6) is -1.13. The number of halogens is 1. The van der Waals surface area contributed by atoms with Crippen LogP contribution in [0.2, 0.25) is 0 Å². The van der Waals surface area contributed by atoms with E-state index < -0.39 is 23.9 Å². The van der Waals surface area contributed by atoms with E-state index in [4.69, 9.17) is 9.47 Å². The highest BCUT2D eigenvalue weighted by Crippen LogP contribution is 2.27. The Balaban J connectivity index is 1.79. The van der Waals surface area contributed by atoms with Crippen LogP contribution < -0.4 is 4.74 Å². The molecule has 126 valence electrons. The molecule has 2 heterocycles. The molecular weight excluding hydrogens is 333 g/mol. The first-order valence-corrected chi connectivity index (χ1v) is 8.36. The minimum Gasteiger partial charge on any atom is -0.485 e. The molecule has 1 aliphatic rings. The Morgan fingerprint density at radius 2 is 2.08 bits per heavy atom. The molecule has 0 bridgehead atoms. The molecule has 1 aromatic carbocycles. The highest BCUT2D eigenvalue weighted by molar-refractivity contribution is 7.08. The van der Waals surface area contributed by atoms with Crippen molar-refractivity contribution < 1.29 is 23.5 Å². The number of nitrogens with zero attached hydrogens (tertiary/aromatic N) is 1. The van der Waals surface area contributed by atoms with Gasteiger partial charge in [-0.3, -0.25) is 4.79 Å². The highest BCUT2D eigenvalue weighted by atomic mass is 32.1. The first kappa shape index (κ1) is 16.4. The van der Waals surface area contributed by atoms with Crippen LogP contribution in [0.25, 0.3) is 0 Å². The third-order valence-electron chi connectivity index (χ3n) is 3.90. The Hall–Kier alpha value is -2.41. The van der Waals surface area contributed by atoms with Crippen LogP contribution in [0.5, 0.6) is 5.75 Å². The van der Waals surface area contributed by atoms with Gasteiger partial charge in [0.2, 0.25) is 0 Å². The number of likely N-dealkylation sites (tertiary alicyclic amines) is 1. The fraction of sp³-hybridized carbons (Fsp3) is 0.294. The number of amides is 1. The molecule has 1 amide bonds. The van der Waals surface area contributed by atoms with Gasteiger partial charge in [-0.05, 0) is 23.6 Å². The smallest absolute Gasteiger partial charge is 0.328 e. The van der Waals surface area contributed by atoms with Gasteiger partial charge >= 0.3 is 5.97 Å².